The van der Waals surface area contributed by atoms with Gasteiger partial charge in [0.05, 0.1) is 44.2 Å². The number of nitrogens with zero attached hydrogens (tertiary/aromatic N) is 2. The van der Waals surface area contributed by atoms with Crippen LogP contribution < -0.4 is 0 Å². The molecule has 1 aliphatic heterocycles. The van der Waals surface area contributed by atoms with Crippen molar-refractivity contribution in [2.24, 2.45) is 0 Å². The molecule has 3 rings (SSSR count). The molecular weight excluding hydrogens is 384 g/mol. The normalized spacial score (nSPS) is 13.3. The number of benzene rings is 2. The van der Waals surface area contributed by atoms with E-state index >= 15 is 0 Å². The zero-order valence-corrected chi connectivity index (χ0v) is 17.0. The number of aliphatic hydroxyl groups excluding tert-OH is 1. The van der Waals surface area contributed by atoms with Crippen molar-refractivity contribution in [3.63, 3.8) is 0 Å². The third-order valence-corrected chi connectivity index (χ3v) is 4.93. The second-order valence-corrected chi connectivity index (χ2v) is 7.02. The van der Waals surface area contributed by atoms with Gasteiger partial charge in [0.1, 0.15) is 0 Å². The minimum Gasteiger partial charge on any atom is -0.394 e. The summed E-state index contributed by atoms with van der Waals surface area (Å²) >= 11 is 0. The number of carbonyl (C=O) groups excluding carboxylic acids is 2. The summed E-state index contributed by atoms with van der Waals surface area (Å²) in [6.45, 7) is 3.98. The SMILES string of the molecule is O=C1c2ccccc2C(=O)N1CCN(CCOCCOCCO)Cc1ccccc1. The summed E-state index contributed by atoms with van der Waals surface area (Å²) in [6.07, 6.45) is 0. The number of ether oxygens (including phenoxy) is 2. The fraction of sp³-hybridized carbons (Fsp3) is 0.391. The van der Waals surface area contributed by atoms with E-state index < -0.39 is 0 Å². The molecule has 1 N–H and O–H groups in total. The fourth-order valence-electron chi connectivity index (χ4n) is 3.38. The molecule has 7 nitrogen and oxygen atoms in total. The number of amides is 2. The maximum atomic E-state index is 12.6. The van der Waals surface area contributed by atoms with E-state index in [0.717, 1.165) is 5.56 Å². The summed E-state index contributed by atoms with van der Waals surface area (Å²) in [5.41, 5.74) is 2.11. The monoisotopic (exact) mass is 412 g/mol. The van der Waals surface area contributed by atoms with Crippen molar-refractivity contribution in [2.75, 3.05) is 52.7 Å². The third kappa shape index (κ3) is 5.96. The van der Waals surface area contributed by atoms with Crippen LogP contribution in [0, 0.1) is 0 Å². The van der Waals surface area contributed by atoms with Crippen LogP contribution in [0.25, 0.3) is 0 Å². The average Bonchev–Trinajstić information content (AvgIpc) is 3.02. The van der Waals surface area contributed by atoms with E-state index in [2.05, 4.69) is 17.0 Å². The highest BCUT2D eigenvalue weighted by molar-refractivity contribution is 6.21. The van der Waals surface area contributed by atoms with Gasteiger partial charge in [-0.1, -0.05) is 42.5 Å². The Morgan fingerprint density at radius 1 is 0.767 bits per heavy atom. The molecule has 0 saturated carbocycles. The Morgan fingerprint density at radius 2 is 1.37 bits per heavy atom. The number of imide groups is 1. The topological polar surface area (TPSA) is 79.3 Å². The molecule has 0 fully saturated rings. The van der Waals surface area contributed by atoms with Crippen LogP contribution in [0.3, 0.4) is 0 Å². The summed E-state index contributed by atoms with van der Waals surface area (Å²) in [4.78, 5) is 28.7. The van der Waals surface area contributed by atoms with Gasteiger partial charge in [0.2, 0.25) is 0 Å². The molecule has 0 atom stereocenters. The summed E-state index contributed by atoms with van der Waals surface area (Å²) in [5, 5.41) is 8.70. The molecule has 0 unspecified atom stereocenters. The van der Waals surface area contributed by atoms with E-state index in [0.29, 0.717) is 63.7 Å². The number of hydrogen-bond acceptors (Lipinski definition) is 6. The Balaban J connectivity index is 1.53. The van der Waals surface area contributed by atoms with Gasteiger partial charge in [0.15, 0.2) is 0 Å². The van der Waals surface area contributed by atoms with Crippen LogP contribution in [0.2, 0.25) is 0 Å². The minimum atomic E-state index is -0.229. The van der Waals surface area contributed by atoms with Crippen molar-refractivity contribution >= 4 is 11.8 Å². The van der Waals surface area contributed by atoms with E-state index in [1.807, 2.05) is 18.2 Å². The molecule has 0 spiro atoms. The van der Waals surface area contributed by atoms with E-state index in [1.54, 1.807) is 24.3 Å². The third-order valence-electron chi connectivity index (χ3n) is 4.93. The van der Waals surface area contributed by atoms with Gasteiger partial charge in [-0.2, -0.15) is 0 Å². The lowest BCUT2D eigenvalue weighted by Gasteiger charge is -2.25. The van der Waals surface area contributed by atoms with Crippen LogP contribution >= 0.6 is 0 Å². The van der Waals surface area contributed by atoms with Crippen molar-refractivity contribution < 1.29 is 24.2 Å². The summed E-state index contributed by atoms with van der Waals surface area (Å²) in [7, 11) is 0. The van der Waals surface area contributed by atoms with Gasteiger partial charge < -0.3 is 14.6 Å². The Labute approximate surface area is 176 Å². The molecule has 0 bridgehead atoms. The van der Waals surface area contributed by atoms with Crippen molar-refractivity contribution in [1.82, 2.24) is 9.80 Å². The molecule has 7 heteroatoms. The first-order chi connectivity index (χ1) is 14.7. The fourth-order valence-corrected chi connectivity index (χ4v) is 3.38. The number of fused-ring (bicyclic) bond motifs is 1. The second-order valence-electron chi connectivity index (χ2n) is 7.02. The smallest absolute Gasteiger partial charge is 0.261 e. The first kappa shape index (κ1) is 22.1. The second kappa shape index (κ2) is 11.6. The van der Waals surface area contributed by atoms with Crippen LogP contribution in [0.15, 0.2) is 54.6 Å². The number of hydrogen-bond donors (Lipinski definition) is 1. The van der Waals surface area contributed by atoms with Crippen LogP contribution in [-0.4, -0.2) is 79.4 Å². The Morgan fingerprint density at radius 3 is 2.00 bits per heavy atom. The zero-order valence-electron chi connectivity index (χ0n) is 17.0. The standard InChI is InChI=1S/C23H28N2O5/c26-13-15-30-17-16-29-14-12-24(18-19-6-2-1-3-7-19)10-11-25-22(27)20-8-4-5-9-21(20)23(25)28/h1-9,26H,10-18H2. The molecule has 1 aliphatic rings. The van der Waals surface area contributed by atoms with Gasteiger partial charge in [-0.15, -0.1) is 0 Å². The van der Waals surface area contributed by atoms with Crippen LogP contribution in [0.1, 0.15) is 26.3 Å². The average molecular weight is 412 g/mol. The first-order valence-corrected chi connectivity index (χ1v) is 10.2. The lowest BCUT2D eigenvalue weighted by atomic mass is 10.1. The van der Waals surface area contributed by atoms with E-state index in [9.17, 15) is 9.59 Å². The van der Waals surface area contributed by atoms with Crippen LogP contribution in [0.4, 0.5) is 0 Å². The van der Waals surface area contributed by atoms with Crippen molar-refractivity contribution in [3.8, 4) is 0 Å². The van der Waals surface area contributed by atoms with Crippen molar-refractivity contribution in [2.45, 2.75) is 6.54 Å². The molecule has 1 heterocycles. The minimum absolute atomic E-state index is 0.00264. The van der Waals surface area contributed by atoms with Crippen LogP contribution in [0.5, 0.6) is 0 Å². The predicted molar refractivity (Wildman–Crippen MR) is 112 cm³/mol. The molecule has 2 amide bonds. The highest BCUT2D eigenvalue weighted by atomic mass is 16.5. The maximum Gasteiger partial charge on any atom is 0.261 e. The maximum absolute atomic E-state index is 12.6. The van der Waals surface area contributed by atoms with Gasteiger partial charge in [0.25, 0.3) is 11.8 Å². The number of carbonyl (C=O) groups is 2. The number of rotatable bonds is 13. The molecule has 0 aliphatic carbocycles. The Bertz CT molecular complexity index is 792. The quantitative estimate of drug-likeness (QED) is 0.399. The highest BCUT2D eigenvalue weighted by Crippen LogP contribution is 2.22. The summed E-state index contributed by atoms with van der Waals surface area (Å²) in [6, 6.07) is 17.0. The molecule has 30 heavy (non-hydrogen) atoms. The van der Waals surface area contributed by atoms with Gasteiger partial charge in [0, 0.05) is 26.2 Å². The Kier molecular flexibility index (Phi) is 8.53. The molecule has 160 valence electrons. The van der Waals surface area contributed by atoms with Gasteiger partial charge in [-0.05, 0) is 17.7 Å². The summed E-state index contributed by atoms with van der Waals surface area (Å²) in [5.74, 6) is -0.458. The van der Waals surface area contributed by atoms with E-state index in [4.69, 9.17) is 14.6 Å². The highest BCUT2D eigenvalue weighted by Gasteiger charge is 2.34. The number of aliphatic hydroxyl groups is 1. The van der Waals surface area contributed by atoms with Gasteiger partial charge in [-0.3, -0.25) is 19.4 Å². The molecule has 0 radical (unpaired) electrons. The van der Waals surface area contributed by atoms with E-state index in [1.165, 1.54) is 4.90 Å². The van der Waals surface area contributed by atoms with Crippen molar-refractivity contribution in [1.29, 1.82) is 0 Å². The Hall–Kier alpha value is -2.58. The summed E-state index contributed by atoms with van der Waals surface area (Å²) < 4.78 is 10.8. The largest absolute Gasteiger partial charge is 0.394 e. The van der Waals surface area contributed by atoms with E-state index in [-0.39, 0.29) is 18.4 Å². The predicted octanol–water partition coefficient (Wildman–Crippen LogP) is 1.81. The molecule has 2 aromatic carbocycles. The van der Waals surface area contributed by atoms with Gasteiger partial charge >= 0.3 is 0 Å². The first-order valence-electron chi connectivity index (χ1n) is 10.2. The zero-order chi connectivity index (χ0) is 21.2. The lowest BCUT2D eigenvalue weighted by Crippen LogP contribution is -2.39. The molecule has 0 saturated heterocycles. The lowest BCUT2D eigenvalue weighted by molar-refractivity contribution is 0.0251. The molecular formula is C23H28N2O5. The van der Waals surface area contributed by atoms with Gasteiger partial charge in [-0.25, -0.2) is 0 Å². The molecule has 0 aromatic heterocycles. The van der Waals surface area contributed by atoms with Crippen molar-refractivity contribution in [3.05, 3.63) is 71.3 Å². The molecule has 2 aromatic rings. The van der Waals surface area contributed by atoms with Crippen LogP contribution in [-0.2, 0) is 16.0 Å².